The van der Waals surface area contributed by atoms with E-state index in [4.69, 9.17) is 4.74 Å². The van der Waals surface area contributed by atoms with Crippen LogP contribution in [0.1, 0.15) is 67.2 Å². The second-order valence-electron chi connectivity index (χ2n) is 15.7. The second-order valence-corrected chi connectivity index (χ2v) is 18.3. The number of aryl methyl sites for hydroxylation is 1. The maximum absolute atomic E-state index is 13.9. The van der Waals surface area contributed by atoms with Crippen LogP contribution in [-0.2, 0) is 30.8 Å². The zero-order valence-corrected chi connectivity index (χ0v) is 33.6. The third-order valence-electron chi connectivity index (χ3n) is 10.9. The van der Waals surface area contributed by atoms with Crippen molar-refractivity contribution in [3.05, 3.63) is 59.0 Å². The van der Waals surface area contributed by atoms with Crippen molar-refractivity contribution in [2.24, 2.45) is 0 Å². The highest BCUT2D eigenvalue weighted by atomic mass is 32.2. The molecule has 0 aliphatic carbocycles. The lowest BCUT2D eigenvalue weighted by atomic mass is 10.0. The van der Waals surface area contributed by atoms with Crippen molar-refractivity contribution in [3.63, 3.8) is 0 Å². The molecule has 2 fully saturated rings. The minimum absolute atomic E-state index is 0.0667. The molecule has 0 saturated carbocycles. The summed E-state index contributed by atoms with van der Waals surface area (Å²) in [6, 6.07) is 7.66. The van der Waals surface area contributed by atoms with E-state index in [2.05, 4.69) is 45.9 Å². The van der Waals surface area contributed by atoms with Crippen LogP contribution >= 0.6 is 0 Å². The molecule has 4 aromatic rings. The number of nitrogens with zero attached hydrogens (tertiary/aromatic N) is 6. The van der Waals surface area contributed by atoms with Gasteiger partial charge in [0.1, 0.15) is 35.4 Å². The summed E-state index contributed by atoms with van der Waals surface area (Å²) in [5.74, 6) is -0.0442. The number of benzene rings is 2. The first kappa shape index (κ1) is 39.8. The van der Waals surface area contributed by atoms with Crippen molar-refractivity contribution < 1.29 is 32.3 Å². The quantitative estimate of drug-likeness (QED) is 0.152. The highest BCUT2D eigenvalue weighted by molar-refractivity contribution is 7.92. The summed E-state index contributed by atoms with van der Waals surface area (Å²) in [5, 5.41) is 16.3. The van der Waals surface area contributed by atoms with Crippen LogP contribution in [0.5, 0.6) is 5.75 Å². The molecular weight excluding hydrogens is 753 g/mol. The van der Waals surface area contributed by atoms with Gasteiger partial charge in [-0.15, -0.1) is 0 Å². The van der Waals surface area contributed by atoms with Gasteiger partial charge in [0.15, 0.2) is 15.7 Å². The first-order chi connectivity index (χ1) is 27.1. The van der Waals surface area contributed by atoms with Crippen LogP contribution in [-0.4, -0.2) is 124 Å². The molecule has 0 radical (unpaired) electrons. The molecule has 302 valence electrons. The van der Waals surface area contributed by atoms with Crippen LogP contribution < -0.4 is 20.7 Å². The summed E-state index contributed by atoms with van der Waals surface area (Å²) in [6.45, 7) is 13.3. The molecule has 3 aliphatic heterocycles. The van der Waals surface area contributed by atoms with Crippen molar-refractivity contribution in [1.29, 1.82) is 0 Å². The molecule has 17 nitrogen and oxygen atoms in total. The van der Waals surface area contributed by atoms with E-state index in [9.17, 15) is 27.6 Å². The molecule has 5 heterocycles. The number of fused-ring (bicyclic) bond motifs is 2. The van der Waals surface area contributed by atoms with Crippen molar-refractivity contribution >= 4 is 61.7 Å². The molecule has 0 bridgehead atoms. The van der Waals surface area contributed by atoms with E-state index in [1.54, 1.807) is 51.1 Å². The zero-order valence-electron chi connectivity index (χ0n) is 32.8. The minimum Gasteiger partial charge on any atom is -0.491 e. The van der Waals surface area contributed by atoms with Gasteiger partial charge in [0, 0.05) is 98.2 Å². The number of piperazine rings is 1. The van der Waals surface area contributed by atoms with Crippen molar-refractivity contribution in [3.8, 4) is 5.75 Å². The standard InChI is InChI=1S/C39H48N10O7S/c1-23-24(2)45-46-35(23)44-36-26-19-32(57(54,55)39(3,4)5)31(20-29(26)40-22-41-36)56-18-17-48-15-13-47(14-16-48)12-11-34(51)42-28-8-6-7-25-27(28)21-49(38(25)53)30-9-10-33(50)43-37(30)52/h6-8,19-20,22,30H,9-18,21H2,1-5H3,(H,42,51)(H,43,50,52)(H2,40,41,44,45,46). The first-order valence-electron chi connectivity index (χ1n) is 19.1. The lowest BCUT2D eigenvalue weighted by Gasteiger charge is -2.34. The summed E-state index contributed by atoms with van der Waals surface area (Å²) in [7, 11) is -3.83. The van der Waals surface area contributed by atoms with Gasteiger partial charge in [0.2, 0.25) is 17.7 Å². The maximum atomic E-state index is 13.9. The molecular formula is C39H48N10O7S. The average Bonchev–Trinajstić information content (AvgIpc) is 3.67. The number of rotatable bonds is 12. The SMILES string of the molecule is Cc1[nH]nc(Nc2ncnc3cc(OCCN4CCN(CCC(=O)Nc5cccc6c5CN(C5CCC(=O)NC5=O)C6=O)CC4)c(S(=O)(=O)C(C)(C)C)cc23)c1C. The molecule has 4 N–H and O–H groups in total. The summed E-state index contributed by atoms with van der Waals surface area (Å²) in [4.78, 5) is 65.1. The Balaban J connectivity index is 0.926. The topological polar surface area (TPSA) is 212 Å². The summed E-state index contributed by atoms with van der Waals surface area (Å²) in [6.07, 6.45) is 2.11. The number of sulfone groups is 1. The molecule has 7 rings (SSSR count). The third-order valence-corrected chi connectivity index (χ3v) is 13.4. The van der Waals surface area contributed by atoms with E-state index in [1.807, 2.05) is 13.8 Å². The Labute approximate surface area is 330 Å². The average molecular weight is 801 g/mol. The van der Waals surface area contributed by atoms with Gasteiger partial charge >= 0.3 is 0 Å². The van der Waals surface area contributed by atoms with Crippen LogP contribution in [0.25, 0.3) is 10.9 Å². The number of imide groups is 1. The smallest absolute Gasteiger partial charge is 0.255 e. The molecule has 1 unspecified atom stereocenters. The number of nitrogens with one attached hydrogen (secondary N) is 4. The van der Waals surface area contributed by atoms with E-state index < -0.39 is 26.5 Å². The number of amides is 4. The van der Waals surface area contributed by atoms with Crippen LogP contribution in [0.4, 0.5) is 17.3 Å². The molecule has 3 aliphatic rings. The number of aromatic amines is 1. The highest BCUT2D eigenvalue weighted by Crippen LogP contribution is 2.37. The molecule has 0 spiro atoms. The molecule has 18 heteroatoms. The van der Waals surface area contributed by atoms with Gasteiger partial charge < -0.3 is 25.2 Å². The van der Waals surface area contributed by atoms with Gasteiger partial charge in [-0.05, 0) is 59.2 Å². The predicted octanol–water partition coefficient (Wildman–Crippen LogP) is 3.07. The number of hydrogen-bond donors (Lipinski definition) is 4. The van der Waals surface area contributed by atoms with E-state index >= 15 is 0 Å². The largest absolute Gasteiger partial charge is 0.491 e. The number of carbonyl (C=O) groups is 4. The van der Waals surface area contributed by atoms with Gasteiger partial charge in [-0.25, -0.2) is 18.4 Å². The Morgan fingerprint density at radius 1 is 1.00 bits per heavy atom. The lowest BCUT2D eigenvalue weighted by molar-refractivity contribution is -0.137. The van der Waals surface area contributed by atoms with Gasteiger partial charge in [0.05, 0.1) is 10.3 Å². The van der Waals surface area contributed by atoms with Gasteiger partial charge in [-0.2, -0.15) is 5.10 Å². The second kappa shape index (κ2) is 15.8. The Hall–Kier alpha value is -5.46. The van der Waals surface area contributed by atoms with Gasteiger partial charge in [0.25, 0.3) is 5.91 Å². The number of carbonyl (C=O) groups excluding carboxylic acids is 4. The fourth-order valence-corrected chi connectivity index (χ4v) is 8.55. The Morgan fingerprint density at radius 3 is 2.42 bits per heavy atom. The van der Waals surface area contributed by atoms with Crippen LogP contribution in [0.15, 0.2) is 41.6 Å². The lowest BCUT2D eigenvalue weighted by Crippen LogP contribution is -2.52. The number of hydrogen-bond acceptors (Lipinski definition) is 13. The molecule has 2 saturated heterocycles. The fourth-order valence-electron chi connectivity index (χ4n) is 7.23. The minimum atomic E-state index is -3.83. The third kappa shape index (κ3) is 8.20. The van der Waals surface area contributed by atoms with Gasteiger partial charge in [-0.1, -0.05) is 6.07 Å². The maximum Gasteiger partial charge on any atom is 0.255 e. The van der Waals surface area contributed by atoms with Crippen LogP contribution in [0, 0.1) is 13.8 Å². The van der Waals surface area contributed by atoms with E-state index in [0.29, 0.717) is 52.4 Å². The molecule has 4 amide bonds. The number of ether oxygens (including phenoxy) is 1. The highest BCUT2D eigenvalue weighted by Gasteiger charge is 2.40. The van der Waals surface area contributed by atoms with E-state index in [0.717, 1.165) is 37.4 Å². The summed E-state index contributed by atoms with van der Waals surface area (Å²) < 4.78 is 32.9. The Morgan fingerprint density at radius 2 is 1.74 bits per heavy atom. The molecule has 2 aromatic heterocycles. The van der Waals surface area contributed by atoms with Crippen molar-refractivity contribution in [2.45, 2.75) is 76.1 Å². The number of anilines is 3. The number of H-pyrrole nitrogens is 1. The van der Waals surface area contributed by atoms with Crippen molar-refractivity contribution in [1.82, 2.24) is 40.2 Å². The summed E-state index contributed by atoms with van der Waals surface area (Å²) in [5.41, 5.74) is 3.99. The summed E-state index contributed by atoms with van der Waals surface area (Å²) >= 11 is 0. The van der Waals surface area contributed by atoms with Crippen molar-refractivity contribution in [2.75, 3.05) is 56.5 Å². The zero-order chi connectivity index (χ0) is 40.6. The Bertz CT molecular complexity index is 2350. The Kier molecular flexibility index (Phi) is 11.0. The molecule has 1 atom stereocenters. The van der Waals surface area contributed by atoms with Crippen LogP contribution in [0.2, 0.25) is 0 Å². The molecule has 2 aromatic carbocycles. The monoisotopic (exact) mass is 800 g/mol. The van der Waals surface area contributed by atoms with E-state index in [-0.39, 0.29) is 60.8 Å². The van der Waals surface area contributed by atoms with Gasteiger partial charge in [-0.3, -0.25) is 34.5 Å². The normalized spacial score (nSPS) is 18.2. The number of piperidine rings is 1. The fraction of sp³-hybridized carbons (Fsp3) is 0.462. The first-order valence-corrected chi connectivity index (χ1v) is 20.5. The predicted molar refractivity (Wildman–Crippen MR) is 212 cm³/mol. The van der Waals surface area contributed by atoms with Crippen LogP contribution in [0.3, 0.4) is 0 Å². The number of aromatic nitrogens is 4. The molecule has 57 heavy (non-hydrogen) atoms. The van der Waals surface area contributed by atoms with E-state index in [1.165, 1.54) is 11.2 Å².